The summed E-state index contributed by atoms with van der Waals surface area (Å²) in [4.78, 5) is 18.1. The number of carbonyl (C=O) groups is 1. The summed E-state index contributed by atoms with van der Waals surface area (Å²) in [6, 6.07) is 9.74. The van der Waals surface area contributed by atoms with E-state index in [0.717, 1.165) is 23.1 Å². The smallest absolute Gasteiger partial charge is 0.272 e. The highest BCUT2D eigenvalue weighted by Crippen LogP contribution is 2.14. The quantitative estimate of drug-likeness (QED) is 0.622. The first-order valence-corrected chi connectivity index (χ1v) is 8.22. The molecule has 1 N–H and O–H groups in total. The Morgan fingerprint density at radius 3 is 2.57 bits per heavy atom. The first kappa shape index (κ1) is 17.1. The van der Waals surface area contributed by atoms with Gasteiger partial charge in [0, 0.05) is 35.6 Å². The van der Waals surface area contributed by atoms with Gasteiger partial charge in [-0.25, -0.2) is 5.43 Å². The van der Waals surface area contributed by atoms with Crippen molar-refractivity contribution in [1.29, 1.82) is 0 Å². The zero-order chi connectivity index (χ0) is 16.7. The van der Waals surface area contributed by atoms with Crippen molar-refractivity contribution in [3.63, 3.8) is 0 Å². The van der Waals surface area contributed by atoms with E-state index in [1.54, 1.807) is 18.5 Å². The highest BCUT2D eigenvalue weighted by molar-refractivity contribution is 9.10. The summed E-state index contributed by atoms with van der Waals surface area (Å²) >= 11 is 3.28. The lowest BCUT2D eigenvalue weighted by Crippen LogP contribution is -2.21. The van der Waals surface area contributed by atoms with Crippen LogP contribution in [0.2, 0.25) is 0 Å². The van der Waals surface area contributed by atoms with Gasteiger partial charge in [0.1, 0.15) is 0 Å². The van der Waals surface area contributed by atoms with Crippen LogP contribution < -0.4 is 10.3 Å². The van der Waals surface area contributed by atoms with Gasteiger partial charge in [-0.3, -0.25) is 9.78 Å². The Hall–Kier alpha value is -2.21. The van der Waals surface area contributed by atoms with E-state index in [1.165, 1.54) is 11.9 Å². The van der Waals surface area contributed by atoms with Crippen molar-refractivity contribution in [2.24, 2.45) is 5.10 Å². The van der Waals surface area contributed by atoms with E-state index in [4.69, 9.17) is 0 Å². The maximum Gasteiger partial charge on any atom is 0.272 e. The van der Waals surface area contributed by atoms with Crippen LogP contribution in [0.15, 0.2) is 52.3 Å². The van der Waals surface area contributed by atoms with Crippen LogP contribution in [0.5, 0.6) is 0 Å². The number of nitrogens with zero attached hydrogens (tertiary/aromatic N) is 3. The molecule has 0 fully saturated rings. The van der Waals surface area contributed by atoms with E-state index in [1.807, 2.05) is 12.1 Å². The van der Waals surface area contributed by atoms with Crippen LogP contribution in [-0.2, 0) is 0 Å². The second-order valence-corrected chi connectivity index (χ2v) is 5.77. The van der Waals surface area contributed by atoms with Crippen LogP contribution in [0, 0.1) is 0 Å². The van der Waals surface area contributed by atoms with Crippen LogP contribution in [0.1, 0.15) is 29.8 Å². The Bertz CT molecular complexity index is 681. The van der Waals surface area contributed by atoms with Crippen LogP contribution in [0.4, 0.5) is 5.69 Å². The Morgan fingerprint density at radius 1 is 1.26 bits per heavy atom. The molecule has 1 amide bonds. The summed E-state index contributed by atoms with van der Waals surface area (Å²) in [6.07, 6.45) is 4.74. The van der Waals surface area contributed by atoms with E-state index in [-0.39, 0.29) is 5.91 Å². The average Bonchev–Trinajstić information content (AvgIpc) is 2.57. The van der Waals surface area contributed by atoms with Crippen LogP contribution in [-0.4, -0.2) is 30.2 Å². The number of pyridine rings is 1. The minimum absolute atomic E-state index is 0.296. The van der Waals surface area contributed by atoms with Gasteiger partial charge < -0.3 is 4.90 Å². The third-order valence-electron chi connectivity index (χ3n) is 3.37. The number of amides is 1. The number of benzene rings is 1. The number of anilines is 1. The molecule has 0 unspecified atom stereocenters. The van der Waals surface area contributed by atoms with E-state index < -0.39 is 0 Å². The number of nitrogens with one attached hydrogen (secondary N) is 1. The second kappa shape index (κ2) is 8.43. The molecule has 1 aromatic carbocycles. The van der Waals surface area contributed by atoms with Gasteiger partial charge in [0.15, 0.2) is 0 Å². The minimum Gasteiger partial charge on any atom is -0.372 e. The van der Waals surface area contributed by atoms with E-state index in [9.17, 15) is 4.79 Å². The number of hydrogen-bond donors (Lipinski definition) is 1. The molecule has 2 rings (SSSR count). The lowest BCUT2D eigenvalue weighted by molar-refractivity contribution is 0.0954. The zero-order valence-electron chi connectivity index (χ0n) is 13.2. The number of hydrogen-bond acceptors (Lipinski definition) is 4. The van der Waals surface area contributed by atoms with Crippen LogP contribution in [0.25, 0.3) is 0 Å². The lowest BCUT2D eigenvalue weighted by Gasteiger charge is -2.20. The standard InChI is InChI=1S/C17H19BrN4O/c1-3-22(4-2)16-7-5-13(6-8-16)10-20-21-17(23)14-9-15(18)12-19-11-14/h5-12H,3-4H2,1-2H3,(H,21,23). The number of carbonyl (C=O) groups excluding carboxylic acids is 1. The Balaban J connectivity index is 1.96. The fourth-order valence-electron chi connectivity index (χ4n) is 2.13. The van der Waals surface area contributed by atoms with E-state index in [0.29, 0.717) is 5.56 Å². The van der Waals surface area contributed by atoms with Crippen molar-refractivity contribution in [2.45, 2.75) is 13.8 Å². The third-order valence-corrected chi connectivity index (χ3v) is 3.80. The molecule has 1 aromatic heterocycles. The Kier molecular flexibility index (Phi) is 6.29. The molecule has 0 bridgehead atoms. The number of aromatic nitrogens is 1. The van der Waals surface area contributed by atoms with Crippen molar-refractivity contribution in [3.8, 4) is 0 Å². The molecule has 2 aromatic rings. The molecule has 0 aliphatic carbocycles. The molecule has 120 valence electrons. The van der Waals surface area contributed by atoms with Gasteiger partial charge in [-0.1, -0.05) is 12.1 Å². The molecule has 0 spiro atoms. The van der Waals surface area contributed by atoms with Crippen molar-refractivity contribution in [2.75, 3.05) is 18.0 Å². The van der Waals surface area contributed by atoms with Gasteiger partial charge in [0.25, 0.3) is 5.91 Å². The topological polar surface area (TPSA) is 57.6 Å². The van der Waals surface area contributed by atoms with Gasteiger partial charge in [0.2, 0.25) is 0 Å². The molecule has 6 heteroatoms. The third kappa shape index (κ3) is 4.89. The molecule has 0 saturated carbocycles. The SMILES string of the molecule is CCN(CC)c1ccc(C=NNC(=O)c2cncc(Br)c2)cc1. The normalized spacial score (nSPS) is 10.7. The number of rotatable bonds is 6. The Morgan fingerprint density at radius 2 is 1.96 bits per heavy atom. The molecule has 0 aliphatic heterocycles. The van der Waals surface area contributed by atoms with Crippen LogP contribution in [0.3, 0.4) is 0 Å². The molecular weight excluding hydrogens is 356 g/mol. The van der Waals surface area contributed by atoms with Gasteiger partial charge in [0.05, 0.1) is 11.8 Å². The van der Waals surface area contributed by atoms with Gasteiger partial charge in [-0.15, -0.1) is 0 Å². The van der Waals surface area contributed by atoms with Crippen molar-refractivity contribution in [1.82, 2.24) is 10.4 Å². The summed E-state index contributed by atoms with van der Waals surface area (Å²) < 4.78 is 0.751. The molecule has 23 heavy (non-hydrogen) atoms. The minimum atomic E-state index is -0.296. The zero-order valence-corrected chi connectivity index (χ0v) is 14.7. The summed E-state index contributed by atoms with van der Waals surface area (Å²) in [5, 5.41) is 3.98. The number of hydrazone groups is 1. The predicted octanol–water partition coefficient (Wildman–Crippen LogP) is 3.45. The second-order valence-electron chi connectivity index (χ2n) is 4.85. The molecule has 0 aliphatic rings. The molecule has 0 radical (unpaired) electrons. The highest BCUT2D eigenvalue weighted by Gasteiger charge is 2.05. The van der Waals surface area contributed by atoms with Crippen molar-refractivity contribution < 1.29 is 4.79 Å². The largest absolute Gasteiger partial charge is 0.372 e. The summed E-state index contributed by atoms with van der Waals surface area (Å²) in [5.41, 5.74) is 5.05. The first-order valence-electron chi connectivity index (χ1n) is 7.43. The molecule has 1 heterocycles. The van der Waals surface area contributed by atoms with E-state index in [2.05, 4.69) is 62.3 Å². The Labute approximate surface area is 144 Å². The molecule has 0 atom stereocenters. The summed E-state index contributed by atoms with van der Waals surface area (Å²) in [5.74, 6) is -0.296. The van der Waals surface area contributed by atoms with Gasteiger partial charge in [-0.2, -0.15) is 5.10 Å². The van der Waals surface area contributed by atoms with Gasteiger partial charge in [-0.05, 0) is 53.5 Å². The van der Waals surface area contributed by atoms with Crippen LogP contribution >= 0.6 is 15.9 Å². The lowest BCUT2D eigenvalue weighted by atomic mass is 10.2. The summed E-state index contributed by atoms with van der Waals surface area (Å²) in [6.45, 7) is 6.21. The van der Waals surface area contributed by atoms with Crippen molar-refractivity contribution >= 4 is 33.7 Å². The monoisotopic (exact) mass is 374 g/mol. The fraction of sp³-hybridized carbons (Fsp3) is 0.235. The number of halogens is 1. The first-order chi connectivity index (χ1) is 11.1. The highest BCUT2D eigenvalue weighted by atomic mass is 79.9. The maximum absolute atomic E-state index is 11.9. The molecule has 0 saturated heterocycles. The van der Waals surface area contributed by atoms with E-state index >= 15 is 0 Å². The summed E-state index contributed by atoms with van der Waals surface area (Å²) in [7, 11) is 0. The van der Waals surface area contributed by atoms with Crippen molar-refractivity contribution in [3.05, 3.63) is 58.3 Å². The average molecular weight is 375 g/mol. The fourth-order valence-corrected chi connectivity index (χ4v) is 2.49. The maximum atomic E-state index is 11.9. The molecule has 5 nitrogen and oxygen atoms in total. The predicted molar refractivity (Wildman–Crippen MR) is 97.0 cm³/mol. The molecular formula is C17H19BrN4O. The van der Waals surface area contributed by atoms with Gasteiger partial charge >= 0.3 is 0 Å².